The number of thioether (sulfide) groups is 1. The van der Waals surface area contributed by atoms with Crippen LogP contribution in [0.4, 0.5) is 0 Å². The molecule has 0 unspecified atom stereocenters. The molecule has 0 spiro atoms. The zero-order valence-electron chi connectivity index (χ0n) is 16.0. The Morgan fingerprint density at radius 1 is 1.21 bits per heavy atom. The van der Waals surface area contributed by atoms with Crippen molar-refractivity contribution in [3.05, 3.63) is 64.4 Å². The fraction of sp³-hybridized carbons (Fsp3) is 0.286. The van der Waals surface area contributed by atoms with Gasteiger partial charge in [0.25, 0.3) is 5.56 Å². The summed E-state index contributed by atoms with van der Waals surface area (Å²) >= 11 is 1.18. The van der Waals surface area contributed by atoms with Crippen LogP contribution in [0.1, 0.15) is 12.5 Å². The second kappa shape index (κ2) is 9.41. The van der Waals surface area contributed by atoms with Gasteiger partial charge in [0.05, 0.1) is 23.9 Å². The Kier molecular flexibility index (Phi) is 6.71. The molecular weight excluding hydrogens is 374 g/mol. The van der Waals surface area contributed by atoms with Gasteiger partial charge in [-0.15, -0.1) is 0 Å². The van der Waals surface area contributed by atoms with Gasteiger partial charge in [-0.05, 0) is 43.2 Å². The minimum absolute atomic E-state index is 0.120. The number of nitrogens with one attached hydrogen (secondary N) is 1. The number of rotatable bonds is 8. The van der Waals surface area contributed by atoms with E-state index in [4.69, 9.17) is 4.74 Å². The second-order valence-electron chi connectivity index (χ2n) is 6.20. The number of para-hydroxylation sites is 2. The lowest BCUT2D eigenvalue weighted by molar-refractivity contribution is -0.118. The Balaban J connectivity index is 1.58. The van der Waals surface area contributed by atoms with Crippen LogP contribution in [-0.4, -0.2) is 34.9 Å². The third-order valence-electron chi connectivity index (χ3n) is 4.35. The van der Waals surface area contributed by atoms with E-state index in [2.05, 4.69) is 10.3 Å². The van der Waals surface area contributed by atoms with Crippen molar-refractivity contribution in [2.24, 2.45) is 0 Å². The lowest BCUT2D eigenvalue weighted by Gasteiger charge is -2.10. The summed E-state index contributed by atoms with van der Waals surface area (Å²) < 4.78 is 6.89. The first kappa shape index (κ1) is 19.9. The number of carbonyl (C=O) groups is 1. The van der Waals surface area contributed by atoms with Crippen molar-refractivity contribution in [3.63, 3.8) is 0 Å². The number of methoxy groups -OCH3 is 1. The van der Waals surface area contributed by atoms with Crippen LogP contribution in [-0.2, 0) is 17.8 Å². The summed E-state index contributed by atoms with van der Waals surface area (Å²) in [5.74, 6) is 0.835. The van der Waals surface area contributed by atoms with Crippen LogP contribution in [0.5, 0.6) is 5.75 Å². The van der Waals surface area contributed by atoms with Gasteiger partial charge in [0.15, 0.2) is 5.03 Å². The number of nitrogens with zero attached hydrogens (tertiary/aromatic N) is 2. The van der Waals surface area contributed by atoms with E-state index in [1.165, 1.54) is 11.8 Å². The Morgan fingerprint density at radius 3 is 2.82 bits per heavy atom. The van der Waals surface area contributed by atoms with Gasteiger partial charge >= 0.3 is 0 Å². The van der Waals surface area contributed by atoms with Crippen LogP contribution in [0.15, 0.2) is 58.4 Å². The molecule has 0 radical (unpaired) electrons. The van der Waals surface area contributed by atoms with Crippen LogP contribution < -0.4 is 15.6 Å². The van der Waals surface area contributed by atoms with Crippen molar-refractivity contribution < 1.29 is 9.53 Å². The number of carbonyl (C=O) groups excluding carboxylic acids is 1. The molecule has 28 heavy (non-hydrogen) atoms. The highest BCUT2D eigenvalue weighted by molar-refractivity contribution is 7.99. The zero-order chi connectivity index (χ0) is 19.9. The van der Waals surface area contributed by atoms with Crippen molar-refractivity contribution in [3.8, 4) is 5.75 Å². The van der Waals surface area contributed by atoms with E-state index in [0.717, 1.165) is 22.3 Å². The molecule has 0 aliphatic carbocycles. The summed E-state index contributed by atoms with van der Waals surface area (Å²) in [5, 5.41) is 3.24. The Bertz CT molecular complexity index is 1030. The maximum atomic E-state index is 12.6. The van der Waals surface area contributed by atoms with E-state index < -0.39 is 0 Å². The van der Waals surface area contributed by atoms with E-state index in [1.54, 1.807) is 11.7 Å². The minimum atomic E-state index is -0.157. The third kappa shape index (κ3) is 4.72. The molecule has 6 nitrogen and oxygen atoms in total. The SMILES string of the molecule is CCn1c(=O)c(SCC(=O)NCCc2cccc(OC)c2)nc2ccccc21. The Morgan fingerprint density at radius 2 is 2.04 bits per heavy atom. The number of amides is 1. The first-order valence-electron chi connectivity index (χ1n) is 9.14. The quantitative estimate of drug-likeness (QED) is 0.592. The molecular formula is C21H23N3O3S. The minimum Gasteiger partial charge on any atom is -0.497 e. The number of hydrogen-bond donors (Lipinski definition) is 1. The highest BCUT2D eigenvalue weighted by atomic mass is 32.2. The number of aryl methyl sites for hydroxylation is 1. The largest absolute Gasteiger partial charge is 0.497 e. The van der Waals surface area contributed by atoms with Gasteiger partial charge < -0.3 is 14.6 Å². The summed E-state index contributed by atoms with van der Waals surface area (Å²) in [4.78, 5) is 29.2. The molecule has 0 aliphatic heterocycles. The van der Waals surface area contributed by atoms with Crippen LogP contribution in [0.3, 0.4) is 0 Å². The molecule has 0 aliphatic rings. The van der Waals surface area contributed by atoms with Gasteiger partial charge in [0, 0.05) is 13.1 Å². The van der Waals surface area contributed by atoms with Gasteiger partial charge in [-0.2, -0.15) is 0 Å². The molecule has 0 atom stereocenters. The standard InChI is InChI=1S/C21H23N3O3S/c1-3-24-18-10-5-4-9-17(18)23-20(21(24)26)28-14-19(25)22-12-11-15-7-6-8-16(13-15)27-2/h4-10,13H,3,11-12,14H2,1-2H3,(H,22,25). The summed E-state index contributed by atoms with van der Waals surface area (Å²) in [6, 6.07) is 15.3. The van der Waals surface area contributed by atoms with Gasteiger partial charge in [0.1, 0.15) is 5.75 Å². The van der Waals surface area contributed by atoms with Gasteiger partial charge in [-0.1, -0.05) is 36.0 Å². The van der Waals surface area contributed by atoms with Crippen molar-refractivity contribution in [1.29, 1.82) is 0 Å². The molecule has 3 rings (SSSR count). The molecule has 1 amide bonds. The van der Waals surface area contributed by atoms with E-state index in [-0.39, 0.29) is 17.2 Å². The maximum absolute atomic E-state index is 12.6. The summed E-state index contributed by atoms with van der Waals surface area (Å²) in [7, 11) is 1.63. The molecule has 1 aromatic heterocycles. The second-order valence-corrected chi connectivity index (χ2v) is 7.16. The number of ether oxygens (including phenoxy) is 1. The van der Waals surface area contributed by atoms with Crippen molar-refractivity contribution >= 4 is 28.7 Å². The van der Waals surface area contributed by atoms with Crippen LogP contribution >= 0.6 is 11.8 Å². The van der Waals surface area contributed by atoms with Crippen molar-refractivity contribution in [2.75, 3.05) is 19.4 Å². The van der Waals surface area contributed by atoms with Gasteiger partial charge in [-0.3, -0.25) is 9.59 Å². The lowest BCUT2D eigenvalue weighted by Crippen LogP contribution is -2.28. The number of benzene rings is 2. The molecule has 2 aromatic carbocycles. The molecule has 3 aromatic rings. The molecule has 146 valence electrons. The van der Waals surface area contributed by atoms with E-state index in [1.807, 2.05) is 55.5 Å². The average Bonchev–Trinajstić information content (AvgIpc) is 2.72. The lowest BCUT2D eigenvalue weighted by atomic mass is 10.1. The molecule has 1 heterocycles. The fourth-order valence-electron chi connectivity index (χ4n) is 2.94. The summed E-state index contributed by atoms with van der Waals surface area (Å²) in [5.41, 5.74) is 2.50. The van der Waals surface area contributed by atoms with E-state index >= 15 is 0 Å². The summed E-state index contributed by atoms with van der Waals surface area (Å²) in [6.07, 6.45) is 0.713. The molecule has 1 N–H and O–H groups in total. The number of hydrogen-bond acceptors (Lipinski definition) is 5. The predicted molar refractivity (Wildman–Crippen MR) is 112 cm³/mol. The molecule has 0 fully saturated rings. The fourth-order valence-corrected chi connectivity index (χ4v) is 3.70. The van der Waals surface area contributed by atoms with Crippen LogP contribution in [0.2, 0.25) is 0 Å². The summed E-state index contributed by atoms with van der Waals surface area (Å²) in [6.45, 7) is 3.01. The van der Waals surface area contributed by atoms with Crippen LogP contribution in [0, 0.1) is 0 Å². The normalized spacial score (nSPS) is 10.8. The molecule has 0 saturated heterocycles. The predicted octanol–water partition coefficient (Wildman–Crippen LogP) is 2.88. The smallest absolute Gasteiger partial charge is 0.283 e. The first-order chi connectivity index (χ1) is 13.6. The van der Waals surface area contributed by atoms with Crippen molar-refractivity contribution in [2.45, 2.75) is 24.9 Å². The monoisotopic (exact) mass is 397 g/mol. The number of fused-ring (bicyclic) bond motifs is 1. The number of aromatic nitrogens is 2. The van der Waals surface area contributed by atoms with Gasteiger partial charge in [-0.25, -0.2) is 4.98 Å². The van der Waals surface area contributed by atoms with Gasteiger partial charge in [0.2, 0.25) is 5.91 Å². The van der Waals surface area contributed by atoms with Crippen LogP contribution in [0.25, 0.3) is 11.0 Å². The molecule has 0 saturated carbocycles. The first-order valence-corrected chi connectivity index (χ1v) is 10.1. The Labute approximate surface area is 167 Å². The average molecular weight is 398 g/mol. The molecule has 0 bridgehead atoms. The van der Waals surface area contributed by atoms with Crippen molar-refractivity contribution in [1.82, 2.24) is 14.9 Å². The topological polar surface area (TPSA) is 73.2 Å². The third-order valence-corrected chi connectivity index (χ3v) is 5.29. The van der Waals surface area contributed by atoms with E-state index in [0.29, 0.717) is 24.5 Å². The highest BCUT2D eigenvalue weighted by Crippen LogP contribution is 2.16. The molecule has 7 heteroatoms. The highest BCUT2D eigenvalue weighted by Gasteiger charge is 2.12. The maximum Gasteiger partial charge on any atom is 0.283 e. The van der Waals surface area contributed by atoms with E-state index in [9.17, 15) is 9.59 Å². The zero-order valence-corrected chi connectivity index (χ0v) is 16.8. The Hall–Kier alpha value is -2.80.